The second-order valence-electron chi connectivity index (χ2n) is 6.66. The second-order valence-corrected chi connectivity index (χ2v) is 6.66. The highest BCUT2D eigenvalue weighted by Crippen LogP contribution is 2.34. The Hall–Kier alpha value is -2.17. The predicted molar refractivity (Wildman–Crippen MR) is 85.8 cm³/mol. The zero-order valence-electron chi connectivity index (χ0n) is 13.4. The Labute approximate surface area is 135 Å². The van der Waals surface area contributed by atoms with Gasteiger partial charge in [-0.15, -0.1) is 10.2 Å². The van der Waals surface area contributed by atoms with Crippen molar-refractivity contribution in [3.63, 3.8) is 0 Å². The molecule has 0 radical (unpaired) electrons. The first-order valence-corrected chi connectivity index (χ1v) is 8.40. The zero-order chi connectivity index (χ0) is 15.8. The molecular weight excluding hydrogens is 290 g/mol. The van der Waals surface area contributed by atoms with Crippen LogP contribution in [0, 0.1) is 12.8 Å². The molecule has 5 nitrogen and oxygen atoms in total. The molecule has 1 aliphatic heterocycles. The quantitative estimate of drug-likeness (QED) is 0.873. The summed E-state index contributed by atoms with van der Waals surface area (Å²) >= 11 is 0. The number of aromatic nitrogens is 2. The van der Waals surface area contributed by atoms with Gasteiger partial charge in [-0.25, -0.2) is 0 Å². The lowest BCUT2D eigenvalue weighted by Crippen LogP contribution is -2.40. The number of carbonyl (C=O) groups is 1. The molecule has 4 rings (SSSR count). The summed E-state index contributed by atoms with van der Waals surface area (Å²) in [5, 5.41) is 8.48. The number of aryl methyl sites for hydroxylation is 1. The van der Waals surface area contributed by atoms with E-state index in [2.05, 4.69) is 10.2 Å². The van der Waals surface area contributed by atoms with Crippen LogP contribution in [0.1, 0.15) is 43.1 Å². The van der Waals surface area contributed by atoms with E-state index < -0.39 is 0 Å². The molecule has 0 N–H and O–H groups in total. The summed E-state index contributed by atoms with van der Waals surface area (Å²) in [6.45, 7) is 3.62. The molecule has 0 spiro atoms. The highest BCUT2D eigenvalue weighted by Gasteiger charge is 2.36. The van der Waals surface area contributed by atoms with Crippen LogP contribution in [-0.2, 0) is 4.79 Å². The number of benzene rings is 1. The summed E-state index contributed by atoms with van der Waals surface area (Å²) in [4.78, 5) is 14.3. The van der Waals surface area contributed by atoms with Crippen molar-refractivity contribution in [1.82, 2.24) is 15.1 Å². The van der Waals surface area contributed by atoms with E-state index in [1.807, 2.05) is 36.1 Å². The fourth-order valence-electron chi connectivity index (χ4n) is 3.29. The van der Waals surface area contributed by atoms with Crippen molar-refractivity contribution < 1.29 is 9.21 Å². The van der Waals surface area contributed by atoms with Crippen molar-refractivity contribution in [3.05, 3.63) is 35.7 Å². The Morgan fingerprint density at radius 3 is 2.83 bits per heavy atom. The summed E-state index contributed by atoms with van der Waals surface area (Å²) in [5.74, 6) is 1.99. The lowest BCUT2D eigenvalue weighted by molar-refractivity contribution is -0.133. The number of carbonyl (C=O) groups excluding carboxylic acids is 1. The average Bonchev–Trinajstić information content (AvgIpc) is 3.32. The Kier molecular flexibility index (Phi) is 3.63. The van der Waals surface area contributed by atoms with E-state index in [1.165, 1.54) is 0 Å². The summed E-state index contributed by atoms with van der Waals surface area (Å²) in [7, 11) is 0. The van der Waals surface area contributed by atoms with E-state index in [0.717, 1.165) is 43.4 Å². The molecule has 23 heavy (non-hydrogen) atoms. The van der Waals surface area contributed by atoms with Gasteiger partial charge in [-0.1, -0.05) is 18.2 Å². The van der Waals surface area contributed by atoms with Crippen LogP contribution in [0.2, 0.25) is 0 Å². The van der Waals surface area contributed by atoms with Crippen LogP contribution in [-0.4, -0.2) is 34.1 Å². The fourth-order valence-corrected chi connectivity index (χ4v) is 3.29. The predicted octanol–water partition coefficient (Wildman–Crippen LogP) is 3.16. The molecule has 1 amide bonds. The summed E-state index contributed by atoms with van der Waals surface area (Å²) in [5.41, 5.74) is 2.10. The topological polar surface area (TPSA) is 59.2 Å². The number of likely N-dealkylation sites (tertiary alicyclic amines) is 1. The smallest absolute Gasteiger partial charge is 0.248 e. The molecule has 1 aliphatic carbocycles. The van der Waals surface area contributed by atoms with Gasteiger partial charge in [-0.3, -0.25) is 4.79 Å². The van der Waals surface area contributed by atoms with Crippen LogP contribution in [0.3, 0.4) is 0 Å². The van der Waals surface area contributed by atoms with Crippen LogP contribution in [0.15, 0.2) is 28.7 Å². The van der Waals surface area contributed by atoms with E-state index in [0.29, 0.717) is 24.2 Å². The third-order valence-corrected chi connectivity index (χ3v) is 4.82. The molecule has 0 unspecified atom stereocenters. The zero-order valence-corrected chi connectivity index (χ0v) is 13.4. The molecule has 120 valence electrons. The van der Waals surface area contributed by atoms with Gasteiger partial charge in [0, 0.05) is 24.6 Å². The van der Waals surface area contributed by atoms with Crippen LogP contribution in [0.5, 0.6) is 0 Å². The first-order valence-electron chi connectivity index (χ1n) is 8.40. The van der Waals surface area contributed by atoms with Crippen molar-refractivity contribution in [3.8, 4) is 11.5 Å². The van der Waals surface area contributed by atoms with Crippen LogP contribution in [0.25, 0.3) is 11.5 Å². The van der Waals surface area contributed by atoms with Crippen LogP contribution >= 0.6 is 0 Å². The van der Waals surface area contributed by atoms with Crippen molar-refractivity contribution in [2.24, 2.45) is 5.92 Å². The first-order chi connectivity index (χ1) is 11.2. The van der Waals surface area contributed by atoms with Gasteiger partial charge >= 0.3 is 0 Å². The Balaban J connectivity index is 1.52. The number of piperidine rings is 1. The summed E-state index contributed by atoms with van der Waals surface area (Å²) < 4.78 is 5.93. The van der Waals surface area contributed by atoms with Crippen LogP contribution < -0.4 is 0 Å². The highest BCUT2D eigenvalue weighted by molar-refractivity contribution is 5.81. The molecule has 1 saturated carbocycles. The number of hydrogen-bond donors (Lipinski definition) is 0. The molecule has 2 aromatic rings. The molecular formula is C18H21N3O2. The van der Waals surface area contributed by atoms with Crippen molar-refractivity contribution in [1.29, 1.82) is 0 Å². The van der Waals surface area contributed by atoms with Gasteiger partial charge in [-0.05, 0) is 44.2 Å². The van der Waals surface area contributed by atoms with E-state index in [-0.39, 0.29) is 11.8 Å². The van der Waals surface area contributed by atoms with Crippen molar-refractivity contribution >= 4 is 5.91 Å². The second kappa shape index (κ2) is 5.80. The minimum Gasteiger partial charge on any atom is -0.420 e. The third-order valence-electron chi connectivity index (χ3n) is 4.82. The van der Waals surface area contributed by atoms with Gasteiger partial charge < -0.3 is 9.32 Å². The molecule has 1 atom stereocenters. The monoisotopic (exact) mass is 311 g/mol. The number of amides is 1. The molecule has 1 aromatic heterocycles. The molecule has 2 fully saturated rings. The maximum Gasteiger partial charge on any atom is 0.248 e. The fraction of sp³-hybridized carbons (Fsp3) is 0.500. The number of hydrogen-bond acceptors (Lipinski definition) is 4. The summed E-state index contributed by atoms with van der Waals surface area (Å²) in [6.07, 6.45) is 4.12. The van der Waals surface area contributed by atoms with Crippen LogP contribution in [0.4, 0.5) is 0 Å². The largest absolute Gasteiger partial charge is 0.420 e. The maximum absolute atomic E-state index is 12.3. The minimum absolute atomic E-state index is 0.164. The van der Waals surface area contributed by atoms with E-state index in [1.54, 1.807) is 0 Å². The van der Waals surface area contributed by atoms with Gasteiger partial charge in [0.1, 0.15) is 0 Å². The Bertz CT molecular complexity index is 721. The minimum atomic E-state index is 0.164. The van der Waals surface area contributed by atoms with Gasteiger partial charge in [0.05, 0.1) is 5.92 Å². The number of rotatable bonds is 3. The summed E-state index contributed by atoms with van der Waals surface area (Å²) in [6, 6.07) is 8.01. The van der Waals surface area contributed by atoms with E-state index >= 15 is 0 Å². The van der Waals surface area contributed by atoms with E-state index in [4.69, 9.17) is 4.42 Å². The number of nitrogens with zero attached hydrogens (tertiary/aromatic N) is 3. The molecule has 2 heterocycles. The van der Waals surface area contributed by atoms with Gasteiger partial charge in [0.2, 0.25) is 17.7 Å². The molecule has 5 heteroatoms. The normalized spacial score (nSPS) is 21.4. The lowest BCUT2D eigenvalue weighted by atomic mass is 9.97. The van der Waals surface area contributed by atoms with Crippen molar-refractivity contribution in [2.75, 3.05) is 13.1 Å². The highest BCUT2D eigenvalue weighted by atomic mass is 16.4. The van der Waals surface area contributed by atoms with Gasteiger partial charge in [0.15, 0.2) is 0 Å². The molecule has 2 aliphatic rings. The molecule has 1 aromatic carbocycles. The van der Waals surface area contributed by atoms with Crippen molar-refractivity contribution in [2.45, 2.75) is 38.5 Å². The van der Waals surface area contributed by atoms with Gasteiger partial charge in [0.25, 0.3) is 0 Å². The SMILES string of the molecule is Cc1ccccc1-c1nnc([C@@H]2CCCN(C(=O)C3CC3)C2)o1. The van der Waals surface area contributed by atoms with Gasteiger partial charge in [-0.2, -0.15) is 0 Å². The lowest BCUT2D eigenvalue weighted by Gasteiger charge is -2.31. The molecule has 0 bridgehead atoms. The van der Waals surface area contributed by atoms with E-state index in [9.17, 15) is 4.79 Å². The average molecular weight is 311 g/mol. The maximum atomic E-state index is 12.3. The first kappa shape index (κ1) is 14.4. The third kappa shape index (κ3) is 2.87. The standard InChI is InChI=1S/C18H21N3O2/c1-12-5-2-3-7-15(12)17-20-19-16(23-17)14-6-4-10-21(11-14)18(22)13-8-9-13/h2-3,5,7,13-14H,4,6,8-11H2,1H3/t14-/m1/s1. The molecule has 1 saturated heterocycles. The Morgan fingerprint density at radius 2 is 2.04 bits per heavy atom. The Morgan fingerprint density at radius 1 is 1.22 bits per heavy atom.